The van der Waals surface area contributed by atoms with Crippen LogP contribution in [0.25, 0.3) is 0 Å². The summed E-state index contributed by atoms with van der Waals surface area (Å²) in [5, 5.41) is 1.97. The molecule has 2 atom stereocenters. The van der Waals surface area contributed by atoms with Gasteiger partial charge in [-0.3, -0.25) is 4.79 Å². The second-order valence-corrected chi connectivity index (χ2v) is 10.8. The zero-order valence-corrected chi connectivity index (χ0v) is 19.2. The number of amides is 1. The third-order valence-corrected chi connectivity index (χ3v) is 8.01. The van der Waals surface area contributed by atoms with E-state index in [0.29, 0.717) is 25.2 Å². The van der Waals surface area contributed by atoms with Crippen LogP contribution in [-0.2, 0) is 21.3 Å². The lowest BCUT2D eigenvalue weighted by atomic mass is 10.2. The molecule has 1 fully saturated rings. The molecule has 1 saturated heterocycles. The molecule has 1 aliphatic heterocycles. The topological polar surface area (TPSA) is 66.9 Å². The maximum Gasteiger partial charge on any atom is 0.253 e. The number of halogens is 1. The predicted molar refractivity (Wildman–Crippen MR) is 113 cm³/mol. The van der Waals surface area contributed by atoms with Gasteiger partial charge in [0.25, 0.3) is 5.91 Å². The lowest BCUT2D eigenvalue weighted by Gasteiger charge is -2.34. The van der Waals surface area contributed by atoms with Gasteiger partial charge < -0.3 is 9.64 Å². The number of ether oxygens (including phenoxy) is 1. The smallest absolute Gasteiger partial charge is 0.253 e. The number of carbonyl (C=O) groups excluding carboxylic acids is 1. The average molecular weight is 487 g/mol. The van der Waals surface area contributed by atoms with Crippen LogP contribution in [0, 0.1) is 0 Å². The number of thiophene rings is 1. The highest BCUT2D eigenvalue weighted by Crippen LogP contribution is 2.23. The zero-order valence-electron chi connectivity index (χ0n) is 16.0. The number of rotatable bonds is 5. The van der Waals surface area contributed by atoms with E-state index in [1.54, 1.807) is 35.4 Å². The van der Waals surface area contributed by atoms with Crippen molar-refractivity contribution in [2.45, 2.75) is 37.5 Å². The molecule has 0 radical (unpaired) electrons. The van der Waals surface area contributed by atoms with E-state index in [1.165, 1.54) is 16.4 Å². The summed E-state index contributed by atoms with van der Waals surface area (Å²) in [5.41, 5.74) is 0.459. The first kappa shape index (κ1) is 21.4. The van der Waals surface area contributed by atoms with Gasteiger partial charge in [-0.2, -0.15) is 4.31 Å². The van der Waals surface area contributed by atoms with E-state index in [1.807, 2.05) is 25.3 Å². The number of benzene rings is 1. The van der Waals surface area contributed by atoms with Crippen molar-refractivity contribution in [2.75, 3.05) is 20.1 Å². The van der Waals surface area contributed by atoms with E-state index in [2.05, 4.69) is 15.9 Å². The highest BCUT2D eigenvalue weighted by Gasteiger charge is 2.32. The van der Waals surface area contributed by atoms with Crippen molar-refractivity contribution >= 4 is 43.2 Å². The Morgan fingerprint density at radius 1 is 1.25 bits per heavy atom. The van der Waals surface area contributed by atoms with Crippen molar-refractivity contribution < 1.29 is 17.9 Å². The predicted octanol–water partition coefficient (Wildman–Crippen LogP) is 3.58. The van der Waals surface area contributed by atoms with E-state index in [0.717, 1.165) is 9.35 Å². The molecule has 2 heterocycles. The van der Waals surface area contributed by atoms with Gasteiger partial charge in [-0.25, -0.2) is 8.42 Å². The SMILES string of the molecule is CC1CN(S(=O)(=O)c2ccc(C(=O)N(C)Cc3cc(Br)cs3)cc2)CC(C)O1. The van der Waals surface area contributed by atoms with Crippen LogP contribution in [-0.4, -0.2) is 55.9 Å². The second-order valence-electron chi connectivity index (χ2n) is 7.00. The molecule has 1 amide bonds. The minimum Gasteiger partial charge on any atom is -0.373 e. The van der Waals surface area contributed by atoms with E-state index < -0.39 is 10.0 Å². The normalized spacial score (nSPS) is 20.9. The molecule has 2 aromatic rings. The Morgan fingerprint density at radius 3 is 2.39 bits per heavy atom. The van der Waals surface area contributed by atoms with E-state index in [-0.39, 0.29) is 23.0 Å². The quantitative estimate of drug-likeness (QED) is 0.647. The molecule has 0 bridgehead atoms. The summed E-state index contributed by atoms with van der Waals surface area (Å²) in [6.45, 7) is 4.88. The first-order chi connectivity index (χ1) is 13.2. The van der Waals surface area contributed by atoms with E-state index >= 15 is 0 Å². The van der Waals surface area contributed by atoms with Gasteiger partial charge in [0, 0.05) is 40.4 Å². The molecule has 2 unspecified atom stereocenters. The largest absolute Gasteiger partial charge is 0.373 e. The first-order valence-corrected chi connectivity index (χ1v) is 12.0. The zero-order chi connectivity index (χ0) is 20.5. The number of hydrogen-bond donors (Lipinski definition) is 0. The number of morpholine rings is 1. The second kappa shape index (κ2) is 8.62. The summed E-state index contributed by atoms with van der Waals surface area (Å²) in [6.07, 6.45) is -0.296. The van der Waals surface area contributed by atoms with Crippen LogP contribution in [0.5, 0.6) is 0 Å². The number of nitrogens with zero attached hydrogens (tertiary/aromatic N) is 2. The number of hydrogen-bond acceptors (Lipinski definition) is 5. The standard InChI is InChI=1S/C19H23BrN2O4S2/c1-13-9-22(10-14(2)26-13)28(24,25)18-6-4-15(5-7-18)19(23)21(3)11-17-8-16(20)12-27-17/h4-8,12-14H,9-11H2,1-3H3. The fraction of sp³-hybridized carbons (Fsp3) is 0.421. The molecule has 0 aliphatic carbocycles. The molecule has 0 saturated carbocycles. The average Bonchev–Trinajstić information content (AvgIpc) is 3.05. The Hall–Kier alpha value is -1.26. The maximum atomic E-state index is 12.9. The van der Waals surface area contributed by atoms with Gasteiger partial charge >= 0.3 is 0 Å². The molecule has 9 heteroatoms. The van der Waals surface area contributed by atoms with Crippen molar-refractivity contribution in [3.05, 3.63) is 50.6 Å². The summed E-state index contributed by atoms with van der Waals surface area (Å²) >= 11 is 4.99. The van der Waals surface area contributed by atoms with Crippen LogP contribution in [0.1, 0.15) is 29.1 Å². The molecule has 6 nitrogen and oxygen atoms in total. The molecule has 1 aromatic heterocycles. The molecule has 1 aromatic carbocycles. The van der Waals surface area contributed by atoms with Crippen molar-refractivity contribution in [3.63, 3.8) is 0 Å². The molecule has 3 rings (SSSR count). The van der Waals surface area contributed by atoms with Crippen molar-refractivity contribution in [1.29, 1.82) is 0 Å². The fourth-order valence-corrected chi connectivity index (χ4v) is 6.30. The molecule has 0 N–H and O–H groups in total. The van der Waals surface area contributed by atoms with Gasteiger partial charge in [0.2, 0.25) is 10.0 Å². The van der Waals surface area contributed by atoms with Gasteiger partial charge in [0.05, 0.1) is 23.6 Å². The van der Waals surface area contributed by atoms with Crippen LogP contribution in [0.2, 0.25) is 0 Å². The van der Waals surface area contributed by atoms with Crippen molar-refractivity contribution in [3.8, 4) is 0 Å². The van der Waals surface area contributed by atoms with Crippen molar-refractivity contribution in [2.24, 2.45) is 0 Å². The maximum absolute atomic E-state index is 12.9. The van der Waals surface area contributed by atoms with Crippen LogP contribution in [0.3, 0.4) is 0 Å². The Morgan fingerprint density at radius 2 is 1.86 bits per heavy atom. The Kier molecular flexibility index (Phi) is 6.61. The van der Waals surface area contributed by atoms with Crippen LogP contribution < -0.4 is 0 Å². The number of sulfonamides is 1. The molecule has 28 heavy (non-hydrogen) atoms. The molecular weight excluding hydrogens is 464 g/mol. The summed E-state index contributed by atoms with van der Waals surface area (Å²) in [7, 11) is -1.88. The molecule has 0 spiro atoms. The summed E-state index contributed by atoms with van der Waals surface area (Å²) in [4.78, 5) is 15.5. The highest BCUT2D eigenvalue weighted by molar-refractivity contribution is 9.10. The van der Waals surface area contributed by atoms with E-state index in [4.69, 9.17) is 4.74 Å². The molecule has 1 aliphatic rings. The number of carbonyl (C=O) groups is 1. The summed E-state index contributed by atoms with van der Waals surface area (Å²) in [6, 6.07) is 8.13. The summed E-state index contributed by atoms with van der Waals surface area (Å²) < 4.78 is 33.9. The van der Waals surface area contributed by atoms with Gasteiger partial charge in [-0.05, 0) is 60.1 Å². The summed E-state index contributed by atoms with van der Waals surface area (Å²) in [5.74, 6) is -0.151. The minimum atomic E-state index is -3.61. The van der Waals surface area contributed by atoms with Gasteiger partial charge in [0.1, 0.15) is 0 Å². The first-order valence-electron chi connectivity index (χ1n) is 8.91. The van der Waals surface area contributed by atoms with Gasteiger partial charge in [-0.15, -0.1) is 11.3 Å². The van der Waals surface area contributed by atoms with Crippen LogP contribution in [0.15, 0.2) is 45.1 Å². The Labute approximate surface area is 178 Å². The monoisotopic (exact) mass is 486 g/mol. The van der Waals surface area contributed by atoms with Crippen LogP contribution >= 0.6 is 27.3 Å². The third-order valence-electron chi connectivity index (χ3n) is 4.49. The Bertz CT molecular complexity index is 933. The van der Waals surface area contributed by atoms with Gasteiger partial charge in [-0.1, -0.05) is 0 Å². The lowest BCUT2D eigenvalue weighted by molar-refractivity contribution is -0.0440. The van der Waals surface area contributed by atoms with Gasteiger partial charge in [0.15, 0.2) is 0 Å². The molecular formula is C19H23BrN2O4S2. The molecule has 152 valence electrons. The van der Waals surface area contributed by atoms with Crippen molar-refractivity contribution in [1.82, 2.24) is 9.21 Å². The van der Waals surface area contributed by atoms with E-state index in [9.17, 15) is 13.2 Å². The van der Waals surface area contributed by atoms with Crippen LogP contribution in [0.4, 0.5) is 0 Å². The minimum absolute atomic E-state index is 0.148. The Balaban J connectivity index is 1.72. The third kappa shape index (κ3) is 4.83. The fourth-order valence-electron chi connectivity index (χ4n) is 3.21. The highest BCUT2D eigenvalue weighted by atomic mass is 79.9. The lowest BCUT2D eigenvalue weighted by Crippen LogP contribution is -2.48.